The molecule has 0 atom stereocenters. The molecule has 0 saturated heterocycles. The smallest absolute Gasteiger partial charge is 0.756 e. The van der Waals surface area contributed by atoms with Crippen molar-refractivity contribution in [3.63, 3.8) is 0 Å². The third-order valence-electron chi connectivity index (χ3n) is 20.3. The molecule has 672 valence electrons. The molecule has 0 fully saturated rings. The van der Waals surface area contributed by atoms with Crippen LogP contribution in [0.3, 0.4) is 0 Å². The first-order valence-electron chi connectivity index (χ1n) is 47.6. The van der Waals surface area contributed by atoms with Gasteiger partial charge < -0.3 is 70.2 Å². The van der Waals surface area contributed by atoms with E-state index in [4.69, 9.17) is 55.6 Å². The molecule has 0 spiro atoms. The Morgan fingerprint density at radius 2 is 0.214 bits per heavy atom. The molecule has 0 unspecified atom stereocenters. The largest absolute Gasteiger partial charge is 3.00 e. The van der Waals surface area contributed by atoms with Crippen molar-refractivity contribution in [2.75, 3.05) is 119 Å². The molecule has 112 heavy (non-hydrogen) atoms. The van der Waals surface area contributed by atoms with Crippen LogP contribution in [0.4, 0.5) is 0 Å². The number of hydrogen-bond acceptors (Lipinski definition) is 18. The first-order valence-corrected chi connectivity index (χ1v) is 52.0. The van der Waals surface area contributed by atoms with Crippen LogP contribution >= 0.6 is 23.5 Å². The van der Waals surface area contributed by atoms with Crippen LogP contribution in [0.1, 0.15) is 465 Å². The summed E-state index contributed by atoms with van der Waals surface area (Å²) in [5, 5.41) is 0. The third-order valence-corrected chi connectivity index (χ3v) is 23.3. The molecular formula is C90H186AlO18P3. The average molecular weight is 1680 g/mol. The van der Waals surface area contributed by atoms with Crippen LogP contribution in [0.2, 0.25) is 0 Å². The molecule has 18 nitrogen and oxygen atoms in total. The summed E-state index contributed by atoms with van der Waals surface area (Å²) >= 11 is 0. The van der Waals surface area contributed by atoms with E-state index in [-0.39, 0.29) is 57.0 Å². The monoisotopic (exact) mass is 1680 g/mol. The fourth-order valence-corrected chi connectivity index (χ4v) is 15.8. The molecule has 0 heterocycles. The summed E-state index contributed by atoms with van der Waals surface area (Å²) in [6.45, 7) is 24.2. The fraction of sp³-hybridized carbons (Fsp3) is 1.00. The second-order valence-corrected chi connectivity index (χ2v) is 35.1. The van der Waals surface area contributed by atoms with Crippen molar-refractivity contribution in [3.05, 3.63) is 0 Å². The van der Waals surface area contributed by atoms with Crippen molar-refractivity contribution < 1.29 is 83.9 Å². The Morgan fingerprint density at radius 3 is 0.295 bits per heavy atom. The van der Waals surface area contributed by atoms with E-state index in [0.717, 1.165) is 195 Å². The number of unbranched alkanes of at least 4 members (excludes halogenated alkanes) is 60. The molecule has 0 aliphatic heterocycles. The maximum atomic E-state index is 11.9. The van der Waals surface area contributed by atoms with Gasteiger partial charge in [-0.05, 0) is 119 Å². The second-order valence-electron chi connectivity index (χ2n) is 30.9. The summed E-state index contributed by atoms with van der Waals surface area (Å²) in [7, 11) is -12.4. The summed E-state index contributed by atoms with van der Waals surface area (Å²) in [5.74, 6) is 0. The van der Waals surface area contributed by atoms with Crippen molar-refractivity contribution in [3.8, 4) is 0 Å². The standard InChI is InChI=1S/3C30H63O6P.Al/c3*1-3-33-27-23-19-15-11-7-5-9-13-17-21-25-29-35-37(31,32)36-30-26-22-18-14-10-6-8-12-16-20-24-28-34-4-2;/h3*3-30H2,1-2H3,(H,31,32);/q;;;+3/p-3. The van der Waals surface area contributed by atoms with E-state index in [1.807, 2.05) is 41.5 Å². The topological polar surface area (TPSA) is 231 Å². The van der Waals surface area contributed by atoms with E-state index in [9.17, 15) is 28.4 Å². The fourth-order valence-electron chi connectivity index (χ4n) is 13.4. The van der Waals surface area contributed by atoms with Crippen LogP contribution in [0.15, 0.2) is 0 Å². The number of rotatable bonds is 96. The van der Waals surface area contributed by atoms with Gasteiger partial charge in [-0.25, -0.2) is 0 Å². The van der Waals surface area contributed by atoms with Gasteiger partial charge in [0.1, 0.15) is 0 Å². The third kappa shape index (κ3) is 113. The number of phosphoric acid groups is 3. The van der Waals surface area contributed by atoms with Gasteiger partial charge >= 0.3 is 17.4 Å². The molecule has 0 saturated carbocycles. The average Bonchev–Trinajstić information content (AvgIpc) is 0.954. The minimum atomic E-state index is -4.13. The van der Waals surface area contributed by atoms with E-state index in [1.54, 1.807) is 0 Å². The zero-order valence-electron chi connectivity index (χ0n) is 74.7. The quantitative estimate of drug-likeness (QED) is 0.0313. The predicted molar refractivity (Wildman–Crippen MR) is 468 cm³/mol. The van der Waals surface area contributed by atoms with Gasteiger partial charge in [0.2, 0.25) is 0 Å². The molecular weight excluding hydrogens is 1490 g/mol. The number of ether oxygens (including phenoxy) is 6. The molecule has 0 aliphatic carbocycles. The molecule has 0 aromatic carbocycles. The molecule has 0 aromatic heterocycles. The molecule has 0 rings (SSSR count). The molecule has 0 radical (unpaired) electrons. The van der Waals surface area contributed by atoms with Crippen LogP contribution in [0, 0.1) is 0 Å². The van der Waals surface area contributed by atoms with Gasteiger partial charge in [-0.15, -0.1) is 0 Å². The summed E-state index contributed by atoms with van der Waals surface area (Å²) in [4.78, 5) is 35.6. The van der Waals surface area contributed by atoms with E-state index < -0.39 is 23.5 Å². The Morgan fingerprint density at radius 1 is 0.143 bits per heavy atom. The number of phosphoric ester groups is 3. The summed E-state index contributed by atoms with van der Waals surface area (Å²) < 4.78 is 97.9. The van der Waals surface area contributed by atoms with Gasteiger partial charge in [0.15, 0.2) is 0 Å². The first kappa shape index (κ1) is 119. The van der Waals surface area contributed by atoms with Crippen molar-refractivity contribution in [1.29, 1.82) is 0 Å². The van der Waals surface area contributed by atoms with Gasteiger partial charge in [-0.3, -0.25) is 13.7 Å². The molecule has 0 aliphatic rings. The zero-order chi connectivity index (χ0) is 81.4. The van der Waals surface area contributed by atoms with Crippen LogP contribution in [0.25, 0.3) is 0 Å². The summed E-state index contributed by atoms with van der Waals surface area (Å²) in [6.07, 6.45) is 79.2. The minimum absolute atomic E-state index is 0. The summed E-state index contributed by atoms with van der Waals surface area (Å²) in [5.41, 5.74) is 0. The SMILES string of the molecule is CCOCCCCCCCCCCCCCOP(=O)([O-])OCCCCCCCCCCCCCOCC.CCOCCCCCCCCCCCCCOP(=O)([O-])OCCCCCCCCCCCCCOCC.CCOCCCCCCCCCCCCCOP(=O)([O-])OCCCCCCCCCCCCCOCC.[Al+3]. The number of hydrogen-bond donors (Lipinski definition) is 0. The normalized spacial score (nSPS) is 11.9. The first-order chi connectivity index (χ1) is 54.4. The van der Waals surface area contributed by atoms with Crippen LogP contribution < -0.4 is 14.7 Å². The zero-order valence-corrected chi connectivity index (χ0v) is 78.5. The van der Waals surface area contributed by atoms with Crippen LogP contribution in [0.5, 0.6) is 0 Å². The van der Waals surface area contributed by atoms with E-state index in [2.05, 4.69) is 0 Å². The van der Waals surface area contributed by atoms with E-state index in [0.29, 0.717) is 0 Å². The van der Waals surface area contributed by atoms with Gasteiger partial charge in [-0.1, -0.05) is 347 Å². The van der Waals surface area contributed by atoms with Crippen molar-refractivity contribution in [2.45, 2.75) is 465 Å². The van der Waals surface area contributed by atoms with Gasteiger partial charge in [0.25, 0.3) is 23.5 Å². The maximum absolute atomic E-state index is 11.9. The Kier molecular flexibility index (Phi) is 110. The Labute approximate surface area is 704 Å². The molecule has 0 N–H and O–H groups in total. The molecule has 0 amide bonds. The van der Waals surface area contributed by atoms with Crippen molar-refractivity contribution in [1.82, 2.24) is 0 Å². The van der Waals surface area contributed by atoms with Crippen LogP contribution in [-0.4, -0.2) is 136 Å². The maximum Gasteiger partial charge on any atom is 3.00 e. The molecule has 0 aromatic rings. The van der Waals surface area contributed by atoms with E-state index >= 15 is 0 Å². The Bertz CT molecular complexity index is 1520. The van der Waals surface area contributed by atoms with Crippen molar-refractivity contribution in [2.24, 2.45) is 0 Å². The Balaban J connectivity index is -0.000000778. The summed E-state index contributed by atoms with van der Waals surface area (Å²) in [6, 6.07) is 0. The second kappa shape index (κ2) is 104. The molecule has 0 bridgehead atoms. The van der Waals surface area contributed by atoms with Gasteiger partial charge in [0, 0.05) is 79.3 Å². The van der Waals surface area contributed by atoms with Gasteiger partial charge in [0.05, 0.1) is 39.6 Å². The van der Waals surface area contributed by atoms with E-state index in [1.165, 1.54) is 308 Å². The van der Waals surface area contributed by atoms with Crippen LogP contribution in [-0.2, 0) is 69.3 Å². The van der Waals surface area contributed by atoms with Gasteiger partial charge in [-0.2, -0.15) is 0 Å². The Hall–Kier alpha value is 0.622. The molecule has 22 heteroatoms. The minimum Gasteiger partial charge on any atom is -0.756 e. The van der Waals surface area contributed by atoms with Crippen molar-refractivity contribution >= 4 is 40.8 Å². The predicted octanol–water partition coefficient (Wildman–Crippen LogP) is 27.0.